The van der Waals surface area contributed by atoms with Crippen molar-refractivity contribution in [3.05, 3.63) is 23.8 Å². The van der Waals surface area contributed by atoms with Crippen molar-refractivity contribution in [2.75, 3.05) is 6.54 Å². The number of rotatable bonds is 3. The van der Waals surface area contributed by atoms with Crippen LogP contribution in [0, 0.1) is 6.92 Å². The first-order valence-corrected chi connectivity index (χ1v) is 5.75. The molecule has 0 amide bonds. The fourth-order valence-electron chi connectivity index (χ4n) is 1.07. The van der Waals surface area contributed by atoms with Crippen molar-refractivity contribution in [3.8, 4) is 5.75 Å². The zero-order valence-corrected chi connectivity index (χ0v) is 8.93. The molecule has 0 bridgehead atoms. The van der Waals surface area contributed by atoms with Crippen LogP contribution in [0.25, 0.3) is 0 Å². The Morgan fingerprint density at radius 2 is 2.07 bits per heavy atom. The van der Waals surface area contributed by atoms with E-state index in [0.717, 1.165) is 0 Å². The van der Waals surface area contributed by atoms with E-state index in [0.29, 0.717) is 12.1 Å². The second-order valence-corrected chi connectivity index (χ2v) is 4.72. The first-order valence-electron chi connectivity index (χ1n) is 4.26. The Balaban J connectivity index is 3.15. The van der Waals surface area contributed by atoms with Crippen molar-refractivity contribution >= 4 is 10.0 Å². The van der Waals surface area contributed by atoms with Crippen molar-refractivity contribution in [2.45, 2.75) is 18.7 Å². The normalized spacial score (nSPS) is 11.6. The highest BCUT2D eigenvalue weighted by Crippen LogP contribution is 2.19. The average Bonchev–Trinajstić information content (AvgIpc) is 2.09. The molecule has 1 rings (SSSR count). The number of phenols is 1. The molecule has 4 nitrogen and oxygen atoms in total. The third-order valence-corrected chi connectivity index (χ3v) is 3.36. The summed E-state index contributed by atoms with van der Waals surface area (Å²) in [7, 11) is -3.41. The van der Waals surface area contributed by atoms with Gasteiger partial charge in [0.05, 0.1) is 4.90 Å². The van der Waals surface area contributed by atoms with E-state index in [1.165, 1.54) is 18.2 Å². The summed E-state index contributed by atoms with van der Waals surface area (Å²) in [6.07, 6.45) is 0. The number of sulfonamides is 1. The number of hydrogen-bond acceptors (Lipinski definition) is 3. The molecule has 0 saturated heterocycles. The van der Waals surface area contributed by atoms with Gasteiger partial charge in [-0.1, -0.05) is 6.92 Å². The van der Waals surface area contributed by atoms with Crippen LogP contribution in [0.2, 0.25) is 0 Å². The monoisotopic (exact) mass is 215 g/mol. The van der Waals surface area contributed by atoms with Crippen molar-refractivity contribution in [1.82, 2.24) is 4.72 Å². The van der Waals surface area contributed by atoms with E-state index < -0.39 is 10.0 Å². The Hall–Kier alpha value is -1.07. The minimum Gasteiger partial charge on any atom is -0.508 e. The van der Waals surface area contributed by atoms with Crippen LogP contribution in [-0.4, -0.2) is 20.1 Å². The molecule has 0 aliphatic heterocycles. The summed E-state index contributed by atoms with van der Waals surface area (Å²) < 4.78 is 25.4. The fourth-order valence-corrected chi connectivity index (χ4v) is 2.19. The van der Waals surface area contributed by atoms with Crippen molar-refractivity contribution in [1.29, 1.82) is 0 Å². The molecule has 78 valence electrons. The molecule has 0 saturated carbocycles. The molecule has 0 radical (unpaired) electrons. The highest BCUT2D eigenvalue weighted by molar-refractivity contribution is 7.89. The van der Waals surface area contributed by atoms with E-state index in [1.54, 1.807) is 13.8 Å². The minimum atomic E-state index is -3.41. The van der Waals surface area contributed by atoms with E-state index in [-0.39, 0.29) is 10.6 Å². The van der Waals surface area contributed by atoms with E-state index in [4.69, 9.17) is 0 Å². The molecule has 0 aromatic heterocycles. The SMILES string of the molecule is CCNS(=O)(=O)c1ccc(O)c(C)c1. The number of aromatic hydroxyl groups is 1. The lowest BCUT2D eigenvalue weighted by Gasteiger charge is -2.05. The van der Waals surface area contributed by atoms with Crippen LogP contribution in [0.3, 0.4) is 0 Å². The van der Waals surface area contributed by atoms with Gasteiger partial charge >= 0.3 is 0 Å². The molecule has 5 heteroatoms. The molecule has 0 spiro atoms. The molecule has 0 unspecified atom stereocenters. The van der Waals surface area contributed by atoms with Gasteiger partial charge in [-0.2, -0.15) is 0 Å². The van der Waals surface area contributed by atoms with Crippen LogP contribution in [0.4, 0.5) is 0 Å². The Morgan fingerprint density at radius 1 is 1.43 bits per heavy atom. The Bertz CT molecular complexity index is 426. The van der Waals surface area contributed by atoms with Gasteiger partial charge in [-0.05, 0) is 30.7 Å². The minimum absolute atomic E-state index is 0.0976. The van der Waals surface area contributed by atoms with Crippen LogP contribution >= 0.6 is 0 Å². The molecule has 0 aliphatic rings. The van der Waals surface area contributed by atoms with Crippen LogP contribution in [-0.2, 0) is 10.0 Å². The average molecular weight is 215 g/mol. The summed E-state index contributed by atoms with van der Waals surface area (Å²) in [5, 5.41) is 9.22. The quantitative estimate of drug-likeness (QED) is 0.790. The molecule has 1 aromatic rings. The van der Waals surface area contributed by atoms with Crippen molar-refractivity contribution in [3.63, 3.8) is 0 Å². The molecule has 0 atom stereocenters. The van der Waals surface area contributed by atoms with E-state index >= 15 is 0 Å². The first kappa shape index (κ1) is 11.0. The molecule has 0 fully saturated rings. The smallest absolute Gasteiger partial charge is 0.240 e. The standard InChI is InChI=1S/C9H13NO3S/c1-3-10-14(12,13)8-4-5-9(11)7(2)6-8/h4-6,10-11H,3H2,1-2H3. The predicted molar refractivity (Wildman–Crippen MR) is 53.7 cm³/mol. The maximum Gasteiger partial charge on any atom is 0.240 e. The molecule has 0 heterocycles. The molecule has 14 heavy (non-hydrogen) atoms. The van der Waals surface area contributed by atoms with Crippen LogP contribution < -0.4 is 4.72 Å². The van der Waals surface area contributed by atoms with Gasteiger partial charge in [-0.3, -0.25) is 0 Å². The Labute approximate surface area is 83.6 Å². The molecule has 2 N–H and O–H groups in total. The van der Waals surface area contributed by atoms with Crippen LogP contribution in [0.15, 0.2) is 23.1 Å². The lowest BCUT2D eigenvalue weighted by atomic mass is 10.2. The summed E-state index contributed by atoms with van der Waals surface area (Å²) in [6, 6.07) is 4.19. The number of nitrogens with one attached hydrogen (secondary N) is 1. The number of phenolic OH excluding ortho intramolecular Hbond substituents is 1. The van der Waals surface area contributed by atoms with Gasteiger partial charge in [0, 0.05) is 6.54 Å². The Kier molecular flexibility index (Phi) is 3.13. The van der Waals surface area contributed by atoms with E-state index in [2.05, 4.69) is 4.72 Å². The summed E-state index contributed by atoms with van der Waals surface area (Å²) in [4.78, 5) is 0.176. The van der Waals surface area contributed by atoms with E-state index in [1.807, 2.05) is 0 Å². The molecule has 1 aromatic carbocycles. The summed E-state index contributed by atoms with van der Waals surface area (Å²) in [5.41, 5.74) is 0.545. The van der Waals surface area contributed by atoms with Crippen molar-refractivity contribution < 1.29 is 13.5 Å². The lowest BCUT2D eigenvalue weighted by Crippen LogP contribution is -2.23. The fraction of sp³-hybridized carbons (Fsp3) is 0.333. The number of benzene rings is 1. The highest BCUT2D eigenvalue weighted by Gasteiger charge is 2.12. The molecule has 0 aliphatic carbocycles. The first-order chi connectivity index (χ1) is 6.47. The lowest BCUT2D eigenvalue weighted by molar-refractivity contribution is 0.470. The van der Waals surface area contributed by atoms with Gasteiger partial charge in [0.15, 0.2) is 0 Å². The van der Waals surface area contributed by atoms with Gasteiger partial charge in [0.1, 0.15) is 5.75 Å². The van der Waals surface area contributed by atoms with Crippen LogP contribution in [0.1, 0.15) is 12.5 Å². The predicted octanol–water partition coefficient (Wildman–Crippen LogP) is 0.999. The van der Waals surface area contributed by atoms with Crippen LogP contribution in [0.5, 0.6) is 5.75 Å². The van der Waals surface area contributed by atoms with Gasteiger partial charge in [0.25, 0.3) is 0 Å². The number of aryl methyl sites for hydroxylation is 1. The van der Waals surface area contributed by atoms with E-state index in [9.17, 15) is 13.5 Å². The number of hydrogen-bond donors (Lipinski definition) is 2. The van der Waals surface area contributed by atoms with Gasteiger partial charge in [0.2, 0.25) is 10.0 Å². The van der Waals surface area contributed by atoms with Crippen molar-refractivity contribution in [2.24, 2.45) is 0 Å². The molecular weight excluding hydrogens is 202 g/mol. The zero-order valence-electron chi connectivity index (χ0n) is 8.11. The van der Waals surface area contributed by atoms with Gasteiger partial charge in [-0.25, -0.2) is 13.1 Å². The second-order valence-electron chi connectivity index (χ2n) is 2.95. The summed E-state index contributed by atoms with van der Waals surface area (Å²) in [6.45, 7) is 3.72. The zero-order chi connectivity index (χ0) is 10.8. The molecular formula is C9H13NO3S. The maximum atomic E-state index is 11.5. The summed E-state index contributed by atoms with van der Waals surface area (Å²) in [5.74, 6) is 0.0976. The highest BCUT2D eigenvalue weighted by atomic mass is 32.2. The second kappa shape index (κ2) is 3.98. The largest absolute Gasteiger partial charge is 0.508 e. The Morgan fingerprint density at radius 3 is 2.57 bits per heavy atom. The van der Waals surface area contributed by atoms with Gasteiger partial charge in [-0.15, -0.1) is 0 Å². The topological polar surface area (TPSA) is 66.4 Å². The maximum absolute atomic E-state index is 11.5. The third-order valence-electron chi connectivity index (χ3n) is 1.81. The third kappa shape index (κ3) is 2.24. The summed E-state index contributed by atoms with van der Waals surface area (Å²) >= 11 is 0. The van der Waals surface area contributed by atoms with Gasteiger partial charge < -0.3 is 5.11 Å².